The smallest absolute Gasteiger partial charge is 0.142 e. The van der Waals surface area contributed by atoms with Crippen molar-refractivity contribution in [2.45, 2.75) is 30.1 Å². The van der Waals surface area contributed by atoms with Crippen molar-refractivity contribution in [1.82, 2.24) is 0 Å². The molecule has 3 heteroatoms. The number of benzene rings is 1. The van der Waals surface area contributed by atoms with Crippen LogP contribution in [0.3, 0.4) is 0 Å². The van der Waals surface area contributed by atoms with Crippen molar-refractivity contribution in [3.05, 3.63) is 28.5 Å². The molecule has 15 heavy (non-hydrogen) atoms. The lowest BCUT2D eigenvalue weighted by Gasteiger charge is -2.25. The fourth-order valence-electron chi connectivity index (χ4n) is 2.40. The molecule has 1 atom stereocenters. The molecule has 1 unspecified atom stereocenters. The van der Waals surface area contributed by atoms with Crippen LogP contribution in [-0.2, 0) is 0 Å². The average molecular weight is 243 g/mol. The van der Waals surface area contributed by atoms with Crippen molar-refractivity contribution in [3.8, 4) is 0 Å². The first-order valence-corrected chi connectivity index (χ1v) is 6.74. The molecule has 0 bridgehead atoms. The van der Waals surface area contributed by atoms with Gasteiger partial charge in [0.1, 0.15) is 5.82 Å². The molecule has 1 aliphatic carbocycles. The topological polar surface area (TPSA) is 0 Å². The molecule has 1 fully saturated rings. The maximum absolute atomic E-state index is 13.3. The lowest BCUT2D eigenvalue weighted by Crippen LogP contribution is -2.09. The Hall–Kier alpha value is -0.210. The molecule has 3 rings (SSSR count). The van der Waals surface area contributed by atoms with Crippen molar-refractivity contribution >= 4 is 23.4 Å². The lowest BCUT2D eigenvalue weighted by molar-refractivity contribution is 0.566. The molecule has 80 valence electrons. The third-order valence-corrected chi connectivity index (χ3v) is 4.72. The normalized spacial score (nSPS) is 25.1. The zero-order valence-electron chi connectivity index (χ0n) is 8.30. The summed E-state index contributed by atoms with van der Waals surface area (Å²) in [4.78, 5) is 1.11. The highest BCUT2D eigenvalue weighted by Crippen LogP contribution is 2.50. The standard InChI is InChI=1S/C12H12ClFS/c13-10-5-9-8(7-1-2-7)3-4-15-12(9)6-11(10)14/h5-8H,1-4H2. The van der Waals surface area contributed by atoms with E-state index in [1.165, 1.54) is 24.8 Å². The Morgan fingerprint density at radius 1 is 1.27 bits per heavy atom. The van der Waals surface area contributed by atoms with Crippen LogP contribution in [0.4, 0.5) is 4.39 Å². The van der Waals surface area contributed by atoms with Crippen molar-refractivity contribution in [2.24, 2.45) is 5.92 Å². The Morgan fingerprint density at radius 3 is 2.80 bits per heavy atom. The van der Waals surface area contributed by atoms with Crippen molar-refractivity contribution in [3.63, 3.8) is 0 Å². The monoisotopic (exact) mass is 242 g/mol. The van der Waals surface area contributed by atoms with E-state index in [-0.39, 0.29) is 10.8 Å². The Bertz CT molecular complexity index is 401. The molecule has 0 nitrogen and oxygen atoms in total. The van der Waals surface area contributed by atoms with Crippen LogP contribution in [-0.4, -0.2) is 5.75 Å². The number of rotatable bonds is 1. The van der Waals surface area contributed by atoms with Gasteiger partial charge in [-0.15, -0.1) is 11.8 Å². The molecule has 1 saturated carbocycles. The van der Waals surface area contributed by atoms with Gasteiger partial charge in [0, 0.05) is 4.90 Å². The number of hydrogen-bond acceptors (Lipinski definition) is 1. The van der Waals surface area contributed by atoms with Gasteiger partial charge in [0.25, 0.3) is 0 Å². The van der Waals surface area contributed by atoms with Gasteiger partial charge < -0.3 is 0 Å². The SMILES string of the molecule is Fc1cc2c(cc1Cl)C(C1CC1)CCS2. The summed E-state index contributed by atoms with van der Waals surface area (Å²) in [6.07, 6.45) is 3.90. The maximum atomic E-state index is 13.3. The zero-order valence-corrected chi connectivity index (χ0v) is 9.87. The Balaban J connectivity index is 2.05. The molecule has 1 aliphatic heterocycles. The maximum Gasteiger partial charge on any atom is 0.142 e. The minimum Gasteiger partial charge on any atom is -0.205 e. The summed E-state index contributed by atoms with van der Waals surface area (Å²) in [7, 11) is 0. The third-order valence-electron chi connectivity index (χ3n) is 3.33. The average Bonchev–Trinajstić information content (AvgIpc) is 3.02. The van der Waals surface area contributed by atoms with E-state index in [9.17, 15) is 4.39 Å². The van der Waals surface area contributed by atoms with Gasteiger partial charge in [-0.1, -0.05) is 11.6 Å². The number of fused-ring (bicyclic) bond motifs is 1. The molecular weight excluding hydrogens is 231 g/mol. The number of thioether (sulfide) groups is 1. The summed E-state index contributed by atoms with van der Waals surface area (Å²) in [5.74, 6) is 2.32. The number of halogens is 2. The molecular formula is C12H12ClFS. The zero-order chi connectivity index (χ0) is 10.4. The molecule has 0 aromatic heterocycles. The minimum absolute atomic E-state index is 0.278. The third kappa shape index (κ3) is 1.78. The van der Waals surface area contributed by atoms with E-state index in [0.29, 0.717) is 5.92 Å². The highest BCUT2D eigenvalue weighted by atomic mass is 35.5. The van der Waals surface area contributed by atoms with Gasteiger partial charge in [-0.05, 0) is 54.5 Å². The van der Waals surface area contributed by atoms with E-state index in [1.807, 2.05) is 6.07 Å². The molecule has 0 radical (unpaired) electrons. The molecule has 1 aromatic rings. The molecule has 0 N–H and O–H groups in total. The highest BCUT2D eigenvalue weighted by molar-refractivity contribution is 7.99. The molecule has 2 aliphatic rings. The van der Waals surface area contributed by atoms with Crippen LogP contribution in [0.1, 0.15) is 30.7 Å². The van der Waals surface area contributed by atoms with E-state index in [2.05, 4.69) is 0 Å². The Morgan fingerprint density at radius 2 is 2.07 bits per heavy atom. The van der Waals surface area contributed by atoms with Gasteiger partial charge in [-0.3, -0.25) is 0 Å². The van der Waals surface area contributed by atoms with E-state index in [1.54, 1.807) is 17.8 Å². The van der Waals surface area contributed by atoms with Crippen molar-refractivity contribution in [1.29, 1.82) is 0 Å². The predicted octanol–water partition coefficient (Wildman–Crippen LogP) is 4.47. The van der Waals surface area contributed by atoms with Gasteiger partial charge in [0.2, 0.25) is 0 Å². The first-order chi connectivity index (χ1) is 7.25. The predicted molar refractivity (Wildman–Crippen MR) is 62.2 cm³/mol. The highest BCUT2D eigenvalue weighted by Gasteiger charge is 2.35. The van der Waals surface area contributed by atoms with Crippen molar-refractivity contribution in [2.75, 3.05) is 5.75 Å². The van der Waals surface area contributed by atoms with Gasteiger partial charge in [-0.25, -0.2) is 4.39 Å². The molecule has 0 saturated heterocycles. The molecule has 0 spiro atoms. The first kappa shape index (κ1) is 9.98. The van der Waals surface area contributed by atoms with Crippen LogP contribution in [0, 0.1) is 11.7 Å². The molecule has 0 amide bonds. The second-order valence-electron chi connectivity index (χ2n) is 4.39. The largest absolute Gasteiger partial charge is 0.205 e. The van der Waals surface area contributed by atoms with Gasteiger partial charge in [0.05, 0.1) is 5.02 Å². The quantitative estimate of drug-likeness (QED) is 0.700. The van der Waals surface area contributed by atoms with E-state index in [4.69, 9.17) is 11.6 Å². The van der Waals surface area contributed by atoms with E-state index >= 15 is 0 Å². The fraction of sp³-hybridized carbons (Fsp3) is 0.500. The van der Waals surface area contributed by atoms with Crippen LogP contribution in [0.25, 0.3) is 0 Å². The summed E-state index contributed by atoms with van der Waals surface area (Å²) in [5.41, 5.74) is 1.29. The van der Waals surface area contributed by atoms with Crippen LogP contribution in [0.5, 0.6) is 0 Å². The van der Waals surface area contributed by atoms with E-state index in [0.717, 1.165) is 16.6 Å². The molecule has 1 heterocycles. The Kier molecular flexibility index (Phi) is 2.44. The summed E-state index contributed by atoms with van der Waals surface area (Å²) in [6, 6.07) is 3.46. The van der Waals surface area contributed by atoms with Crippen LogP contribution >= 0.6 is 23.4 Å². The Labute approximate surface area is 98.2 Å². The van der Waals surface area contributed by atoms with Gasteiger partial charge in [0.15, 0.2) is 0 Å². The fourth-order valence-corrected chi connectivity index (χ4v) is 3.73. The minimum atomic E-state index is -0.278. The molecule has 1 aromatic carbocycles. The number of hydrogen-bond donors (Lipinski definition) is 0. The van der Waals surface area contributed by atoms with Crippen LogP contribution < -0.4 is 0 Å². The van der Waals surface area contributed by atoms with Gasteiger partial charge >= 0.3 is 0 Å². The van der Waals surface area contributed by atoms with Gasteiger partial charge in [-0.2, -0.15) is 0 Å². The second-order valence-corrected chi connectivity index (χ2v) is 5.93. The summed E-state index contributed by atoms with van der Waals surface area (Å²) < 4.78 is 13.3. The van der Waals surface area contributed by atoms with E-state index < -0.39 is 0 Å². The van der Waals surface area contributed by atoms with Crippen LogP contribution in [0.15, 0.2) is 17.0 Å². The van der Waals surface area contributed by atoms with Crippen molar-refractivity contribution < 1.29 is 4.39 Å². The second kappa shape index (κ2) is 3.67. The summed E-state index contributed by atoms with van der Waals surface area (Å²) in [5, 5.41) is 0.280. The first-order valence-electron chi connectivity index (χ1n) is 5.37. The summed E-state index contributed by atoms with van der Waals surface area (Å²) >= 11 is 7.61. The van der Waals surface area contributed by atoms with Crippen LogP contribution in [0.2, 0.25) is 5.02 Å². The lowest BCUT2D eigenvalue weighted by atomic mass is 9.91. The summed E-state index contributed by atoms with van der Waals surface area (Å²) in [6.45, 7) is 0.